The van der Waals surface area contributed by atoms with Gasteiger partial charge >= 0.3 is 6.03 Å². The van der Waals surface area contributed by atoms with Gasteiger partial charge in [0.25, 0.3) is 27.7 Å². The molecular formula is C55H82N10O11S. The summed E-state index contributed by atoms with van der Waals surface area (Å²) in [5, 5.41) is 16.8. The van der Waals surface area contributed by atoms with E-state index >= 15 is 0 Å². The Labute approximate surface area is 454 Å². The Bertz CT molecular complexity index is 2580. The van der Waals surface area contributed by atoms with Crippen molar-refractivity contribution in [3.05, 3.63) is 89.5 Å². The van der Waals surface area contributed by atoms with Gasteiger partial charge in [-0.25, -0.2) is 17.9 Å². The van der Waals surface area contributed by atoms with Crippen molar-refractivity contribution < 1.29 is 51.6 Å². The first-order chi connectivity index (χ1) is 35.9. The van der Waals surface area contributed by atoms with Gasteiger partial charge in [-0.15, -0.1) is 0 Å². The Kier molecular flexibility index (Phi) is 24.2. The molecule has 0 unspecified atom stereocenters. The van der Waals surface area contributed by atoms with E-state index in [4.69, 9.17) is 5.73 Å². The smallest absolute Gasteiger partial charge is 0.312 e. The number of unbranched alkanes of at least 4 members (excludes halogenated alkanes) is 2. The summed E-state index contributed by atoms with van der Waals surface area (Å²) < 4.78 is 29.2. The van der Waals surface area contributed by atoms with Crippen LogP contribution in [0.1, 0.15) is 119 Å². The summed E-state index contributed by atoms with van der Waals surface area (Å²) in [4.78, 5) is 119. The maximum absolute atomic E-state index is 14.4. The Balaban J connectivity index is 1.67. The Morgan fingerprint density at radius 1 is 0.740 bits per heavy atom. The quantitative estimate of drug-likeness (QED) is 0.0331. The molecule has 2 aromatic rings. The maximum Gasteiger partial charge on any atom is 0.312 e. The molecule has 0 saturated carbocycles. The van der Waals surface area contributed by atoms with Crippen molar-refractivity contribution in [1.82, 2.24) is 46.4 Å². The van der Waals surface area contributed by atoms with Crippen molar-refractivity contribution in [2.24, 2.45) is 23.0 Å². The van der Waals surface area contributed by atoms with Crippen molar-refractivity contribution in [2.75, 3.05) is 27.2 Å². The number of likely N-dealkylation sites (N-methyl/N-ethyl adjacent to an activating group) is 2. The molecule has 0 spiro atoms. The van der Waals surface area contributed by atoms with E-state index in [0.717, 1.165) is 10.5 Å². The minimum Gasteiger partial charge on any atom is -0.352 e. The first-order valence-electron chi connectivity index (χ1n) is 26.0. The van der Waals surface area contributed by atoms with Gasteiger partial charge in [-0.05, 0) is 80.2 Å². The van der Waals surface area contributed by atoms with Crippen LogP contribution in [-0.4, -0.2) is 129 Å². The number of nitrogens with zero attached hydrogens (tertiary/aromatic N) is 2. The van der Waals surface area contributed by atoms with E-state index in [9.17, 15) is 51.6 Å². The Morgan fingerprint density at radius 3 is 1.90 bits per heavy atom. The second kappa shape index (κ2) is 29.0. The number of primary amides is 1. The lowest BCUT2D eigenvalue weighted by Gasteiger charge is -2.40. The molecule has 10 amide bonds. The summed E-state index contributed by atoms with van der Waals surface area (Å²) in [6.07, 6.45) is 5.84. The third-order valence-corrected chi connectivity index (χ3v) is 14.8. The van der Waals surface area contributed by atoms with Crippen molar-refractivity contribution in [3.63, 3.8) is 0 Å². The lowest BCUT2D eigenvalue weighted by Crippen LogP contribution is -2.61. The number of imide groups is 1. The molecule has 1 heterocycles. The van der Waals surface area contributed by atoms with Gasteiger partial charge in [-0.2, -0.15) is 0 Å². The SMILES string of the molecule is CN[C@H](C(=O)N[C@H](C(=O)N(C)[C@H](/C=C(\C)C(=O)NS(=O)(=O)c1ccc(CNC(=O)[C@H](CCCNC(N)=O)NC(=O)[C@@H](NC(=O)CCCCCN2C(=O)C=CC2=O)C(C)C)cc1)C(C)C)C(C)(C)C)C(C)(C)c1ccccc1. The van der Waals surface area contributed by atoms with Crippen LogP contribution in [0, 0.1) is 17.3 Å². The van der Waals surface area contributed by atoms with E-state index < -0.39 is 86.6 Å². The summed E-state index contributed by atoms with van der Waals surface area (Å²) in [6.45, 7) is 18.3. The van der Waals surface area contributed by atoms with Crippen molar-refractivity contribution in [1.29, 1.82) is 0 Å². The van der Waals surface area contributed by atoms with Gasteiger partial charge in [0, 0.05) is 56.2 Å². The standard InChI is InChI=1S/C55H82N10O11S/c1-34(2)41(64(12)52(73)47(54(6,7)8)62-51(72)46(57-11)55(9,10)38-20-15-13-16-21-38)32-36(5)48(69)63-77(75,76)39-26-24-37(25-27-39)33-59-49(70)40(22-19-30-58-53(56)74)60-50(71)45(35(3)4)61-42(66)23-17-14-18-31-65-43(67)28-29-44(65)68/h13,15-16,20-21,24-29,32,34-35,40-41,45-47,57H,14,17-19,22-23,30-31,33H2,1-12H3,(H,59,70)(H,60,71)(H,61,66)(H,62,72)(H,63,69)(H3,56,58,74)/b36-32+/t40-,41+,45-,46+,47+/m0/s1. The number of urea groups is 1. The molecule has 2 aromatic carbocycles. The fourth-order valence-corrected chi connectivity index (χ4v) is 9.75. The fraction of sp³-hybridized carbons (Fsp3) is 0.545. The molecule has 5 atom stereocenters. The number of nitrogens with one attached hydrogen (secondary N) is 7. The van der Waals surface area contributed by atoms with E-state index in [1.165, 1.54) is 54.3 Å². The molecule has 21 nitrogen and oxygen atoms in total. The number of amides is 10. The van der Waals surface area contributed by atoms with Crippen LogP contribution in [0.5, 0.6) is 0 Å². The third kappa shape index (κ3) is 19.2. The van der Waals surface area contributed by atoms with Crippen LogP contribution in [0.15, 0.2) is 83.3 Å². The van der Waals surface area contributed by atoms with Gasteiger partial charge in [0.1, 0.15) is 18.1 Å². The minimum absolute atomic E-state index is 0.0226. The first-order valence-corrected chi connectivity index (χ1v) is 27.5. The summed E-state index contributed by atoms with van der Waals surface area (Å²) in [7, 11) is -1.16. The lowest BCUT2D eigenvalue weighted by atomic mass is 9.76. The largest absolute Gasteiger partial charge is 0.352 e. The molecule has 1 aliphatic heterocycles. The molecule has 77 heavy (non-hydrogen) atoms. The molecule has 0 aliphatic carbocycles. The van der Waals surface area contributed by atoms with Gasteiger partial charge in [-0.1, -0.05) is 117 Å². The topological polar surface area (TPSA) is 304 Å². The molecule has 9 N–H and O–H groups in total. The molecule has 0 bridgehead atoms. The summed E-state index contributed by atoms with van der Waals surface area (Å²) >= 11 is 0. The number of hydrogen-bond donors (Lipinski definition) is 8. The van der Waals surface area contributed by atoms with Gasteiger partial charge in [0.15, 0.2) is 0 Å². The van der Waals surface area contributed by atoms with Crippen LogP contribution in [0.4, 0.5) is 4.79 Å². The zero-order valence-corrected chi connectivity index (χ0v) is 47.5. The predicted octanol–water partition coefficient (Wildman–Crippen LogP) is 3.19. The zero-order chi connectivity index (χ0) is 58.0. The van der Waals surface area contributed by atoms with Crippen LogP contribution >= 0.6 is 0 Å². The normalized spacial score (nSPS) is 15.0. The lowest BCUT2D eigenvalue weighted by molar-refractivity contribution is -0.141. The highest BCUT2D eigenvalue weighted by Gasteiger charge is 2.42. The molecule has 22 heteroatoms. The Morgan fingerprint density at radius 2 is 1.35 bits per heavy atom. The highest BCUT2D eigenvalue weighted by Crippen LogP contribution is 2.29. The van der Waals surface area contributed by atoms with Crippen LogP contribution in [0.3, 0.4) is 0 Å². The highest BCUT2D eigenvalue weighted by atomic mass is 32.2. The molecule has 0 aromatic heterocycles. The van der Waals surface area contributed by atoms with Crippen LogP contribution in [-0.2, 0) is 60.3 Å². The molecule has 424 valence electrons. The predicted molar refractivity (Wildman–Crippen MR) is 292 cm³/mol. The Hall–Kier alpha value is -6.94. The first kappa shape index (κ1) is 64.3. The number of hydrogen-bond acceptors (Lipinski definition) is 12. The number of carbonyl (C=O) groups excluding carboxylic acids is 9. The van der Waals surface area contributed by atoms with E-state index in [1.807, 2.05) is 78.8 Å². The molecule has 0 fully saturated rings. The van der Waals surface area contributed by atoms with E-state index in [-0.39, 0.29) is 78.9 Å². The van der Waals surface area contributed by atoms with Crippen molar-refractivity contribution >= 4 is 63.3 Å². The van der Waals surface area contributed by atoms with Crippen molar-refractivity contribution in [3.8, 4) is 0 Å². The monoisotopic (exact) mass is 1090 g/mol. The van der Waals surface area contributed by atoms with Crippen LogP contribution < -0.4 is 42.4 Å². The van der Waals surface area contributed by atoms with Gasteiger partial charge in [-0.3, -0.25) is 43.3 Å². The number of sulfonamides is 1. The molecule has 3 rings (SSSR count). The summed E-state index contributed by atoms with van der Waals surface area (Å²) in [5.41, 5.74) is 5.24. The third-order valence-electron chi connectivity index (χ3n) is 13.4. The van der Waals surface area contributed by atoms with E-state index in [1.54, 1.807) is 27.9 Å². The molecule has 1 aliphatic rings. The average Bonchev–Trinajstić information content (AvgIpc) is 3.68. The van der Waals surface area contributed by atoms with Gasteiger partial charge < -0.3 is 42.5 Å². The second-order valence-corrected chi connectivity index (χ2v) is 23.4. The molecule has 0 radical (unpaired) electrons. The maximum atomic E-state index is 14.4. The van der Waals surface area contributed by atoms with Gasteiger partial charge in [0.2, 0.25) is 29.5 Å². The van der Waals surface area contributed by atoms with E-state index in [2.05, 4.69) is 36.6 Å². The number of benzene rings is 2. The number of carbonyl (C=O) groups is 9. The molecule has 0 saturated heterocycles. The summed E-state index contributed by atoms with van der Waals surface area (Å²) in [6, 6.07) is 9.74. The second-order valence-electron chi connectivity index (χ2n) is 21.7. The van der Waals surface area contributed by atoms with Crippen molar-refractivity contribution in [2.45, 2.75) is 155 Å². The number of nitrogens with two attached hydrogens (primary N) is 1. The fourth-order valence-electron chi connectivity index (χ4n) is 8.73. The summed E-state index contributed by atoms with van der Waals surface area (Å²) in [5.74, 6) is -4.69. The van der Waals surface area contributed by atoms with Gasteiger partial charge in [0.05, 0.1) is 17.0 Å². The van der Waals surface area contributed by atoms with E-state index in [0.29, 0.717) is 24.8 Å². The van der Waals surface area contributed by atoms with Crippen LogP contribution in [0.25, 0.3) is 0 Å². The minimum atomic E-state index is -4.42. The number of rotatable bonds is 29. The highest BCUT2D eigenvalue weighted by molar-refractivity contribution is 7.90. The molecular weight excluding hydrogens is 1010 g/mol. The average molecular weight is 1090 g/mol. The zero-order valence-electron chi connectivity index (χ0n) is 46.7. The van der Waals surface area contributed by atoms with Crippen LogP contribution in [0.2, 0.25) is 0 Å².